The Bertz CT molecular complexity index is 926. The Morgan fingerprint density at radius 1 is 1.00 bits per heavy atom. The molecule has 32 heavy (non-hydrogen) atoms. The van der Waals surface area contributed by atoms with Crippen LogP contribution in [0.15, 0.2) is 48.5 Å². The SMILES string of the molecule is O=C(O)C[C@H]1CCN(Cc2cc(C(F)(F)F)ccc2C(F)(F)F)[C@@H](Cc2ccccc2)C1. The van der Waals surface area contributed by atoms with Gasteiger partial charge < -0.3 is 5.11 Å². The zero-order valence-electron chi connectivity index (χ0n) is 17.1. The third kappa shape index (κ3) is 6.25. The van der Waals surface area contributed by atoms with Gasteiger partial charge in [-0.3, -0.25) is 9.69 Å². The summed E-state index contributed by atoms with van der Waals surface area (Å²) in [6.07, 6.45) is -8.21. The van der Waals surface area contributed by atoms with Gasteiger partial charge in [-0.25, -0.2) is 0 Å². The molecule has 0 bridgehead atoms. The van der Waals surface area contributed by atoms with E-state index in [2.05, 4.69) is 0 Å². The fourth-order valence-electron chi connectivity index (χ4n) is 4.32. The summed E-state index contributed by atoms with van der Waals surface area (Å²) in [5, 5.41) is 9.13. The summed E-state index contributed by atoms with van der Waals surface area (Å²) in [6, 6.07) is 10.4. The first kappa shape index (κ1) is 24.1. The molecule has 1 heterocycles. The average molecular weight is 459 g/mol. The summed E-state index contributed by atoms with van der Waals surface area (Å²) in [6.45, 7) is 0.0129. The largest absolute Gasteiger partial charge is 0.481 e. The molecule has 1 fully saturated rings. The van der Waals surface area contributed by atoms with Gasteiger partial charge in [0, 0.05) is 19.0 Å². The fraction of sp³-hybridized carbons (Fsp3) is 0.435. The van der Waals surface area contributed by atoms with Crippen LogP contribution in [0.25, 0.3) is 0 Å². The van der Waals surface area contributed by atoms with Gasteiger partial charge in [-0.15, -0.1) is 0 Å². The zero-order valence-corrected chi connectivity index (χ0v) is 17.1. The lowest BCUT2D eigenvalue weighted by molar-refractivity contribution is -0.142. The number of hydrogen-bond donors (Lipinski definition) is 1. The lowest BCUT2D eigenvalue weighted by atomic mass is 9.85. The summed E-state index contributed by atoms with van der Waals surface area (Å²) in [5.41, 5.74) is -1.71. The van der Waals surface area contributed by atoms with Gasteiger partial charge in [0.05, 0.1) is 11.1 Å². The predicted molar refractivity (Wildman–Crippen MR) is 106 cm³/mol. The molecular weight excluding hydrogens is 436 g/mol. The van der Waals surface area contributed by atoms with Crippen molar-refractivity contribution in [3.63, 3.8) is 0 Å². The first-order valence-electron chi connectivity index (χ1n) is 10.2. The first-order chi connectivity index (χ1) is 14.9. The van der Waals surface area contributed by atoms with Crippen molar-refractivity contribution in [3.8, 4) is 0 Å². The number of nitrogens with zero attached hydrogens (tertiary/aromatic N) is 1. The summed E-state index contributed by atoms with van der Waals surface area (Å²) >= 11 is 0. The third-order valence-electron chi connectivity index (χ3n) is 5.84. The van der Waals surface area contributed by atoms with E-state index in [0.717, 1.165) is 5.56 Å². The van der Waals surface area contributed by atoms with E-state index in [-0.39, 0.29) is 24.9 Å². The topological polar surface area (TPSA) is 40.5 Å². The molecule has 0 unspecified atom stereocenters. The molecule has 1 saturated heterocycles. The highest BCUT2D eigenvalue weighted by Crippen LogP contribution is 2.38. The highest BCUT2D eigenvalue weighted by atomic mass is 19.4. The van der Waals surface area contributed by atoms with Crippen LogP contribution >= 0.6 is 0 Å². The Labute approximate surface area is 181 Å². The predicted octanol–water partition coefficient (Wildman–Crippen LogP) is 6.02. The fourth-order valence-corrected chi connectivity index (χ4v) is 4.32. The molecule has 3 nitrogen and oxygen atoms in total. The van der Waals surface area contributed by atoms with Crippen LogP contribution in [0.2, 0.25) is 0 Å². The first-order valence-corrected chi connectivity index (χ1v) is 10.2. The summed E-state index contributed by atoms with van der Waals surface area (Å²) in [5.74, 6) is -1.08. The molecule has 9 heteroatoms. The number of likely N-dealkylation sites (tertiary alicyclic amines) is 1. The Morgan fingerprint density at radius 2 is 1.69 bits per heavy atom. The minimum atomic E-state index is -4.78. The average Bonchev–Trinajstić information content (AvgIpc) is 2.69. The molecule has 0 aliphatic carbocycles. The summed E-state index contributed by atoms with van der Waals surface area (Å²) in [7, 11) is 0. The van der Waals surface area contributed by atoms with Crippen LogP contribution in [-0.2, 0) is 30.1 Å². The minimum Gasteiger partial charge on any atom is -0.481 e. The standard InChI is InChI=1S/C23H23F6NO2/c24-22(25,26)18-6-7-20(23(27,28)29)17(13-18)14-30-9-8-16(12-21(31)32)11-19(30)10-15-4-2-1-3-5-15/h1-7,13,16,19H,8-12,14H2,(H,31,32)/t16-,19-/m0/s1. The molecule has 0 amide bonds. The number of alkyl halides is 6. The summed E-state index contributed by atoms with van der Waals surface area (Å²) in [4.78, 5) is 12.9. The molecule has 2 aromatic rings. The molecule has 0 aromatic heterocycles. The maximum Gasteiger partial charge on any atom is 0.416 e. The van der Waals surface area contributed by atoms with E-state index >= 15 is 0 Å². The van der Waals surface area contributed by atoms with E-state index in [0.29, 0.717) is 44.0 Å². The Balaban J connectivity index is 1.91. The van der Waals surface area contributed by atoms with Crippen LogP contribution in [0.4, 0.5) is 26.3 Å². The molecule has 3 rings (SSSR count). The van der Waals surface area contributed by atoms with Crippen molar-refractivity contribution in [1.29, 1.82) is 0 Å². The van der Waals surface area contributed by atoms with Gasteiger partial charge >= 0.3 is 18.3 Å². The van der Waals surface area contributed by atoms with Gasteiger partial charge in [-0.1, -0.05) is 30.3 Å². The number of benzene rings is 2. The molecule has 1 N–H and O–H groups in total. The monoisotopic (exact) mass is 459 g/mol. The lowest BCUT2D eigenvalue weighted by Gasteiger charge is -2.40. The number of aliphatic carboxylic acids is 1. The second kappa shape index (κ2) is 9.52. The smallest absolute Gasteiger partial charge is 0.416 e. The highest BCUT2D eigenvalue weighted by molar-refractivity contribution is 5.67. The number of hydrogen-bond acceptors (Lipinski definition) is 2. The van der Waals surface area contributed by atoms with E-state index < -0.39 is 35.0 Å². The number of carboxylic acid groups (broad SMARTS) is 1. The molecule has 2 aromatic carbocycles. The number of rotatable bonds is 6. The second-order valence-electron chi connectivity index (χ2n) is 8.17. The molecular formula is C23H23F6NO2. The third-order valence-corrected chi connectivity index (χ3v) is 5.84. The van der Waals surface area contributed by atoms with Crippen molar-refractivity contribution >= 4 is 5.97 Å². The van der Waals surface area contributed by atoms with Gasteiger partial charge in [0.15, 0.2) is 0 Å². The van der Waals surface area contributed by atoms with Crippen LogP contribution < -0.4 is 0 Å². The maximum atomic E-state index is 13.5. The van der Waals surface area contributed by atoms with E-state index in [4.69, 9.17) is 5.11 Å². The van der Waals surface area contributed by atoms with Crippen LogP contribution in [0, 0.1) is 5.92 Å². The molecule has 1 aliphatic heterocycles. The molecule has 0 spiro atoms. The molecule has 174 valence electrons. The molecule has 1 aliphatic rings. The number of carbonyl (C=O) groups is 1. The molecule has 0 saturated carbocycles. The maximum absolute atomic E-state index is 13.5. The normalized spacial score (nSPS) is 20.3. The van der Waals surface area contributed by atoms with Crippen molar-refractivity contribution in [2.24, 2.45) is 5.92 Å². The van der Waals surface area contributed by atoms with Crippen molar-refractivity contribution in [1.82, 2.24) is 4.90 Å². The van der Waals surface area contributed by atoms with Crippen LogP contribution in [-0.4, -0.2) is 28.6 Å². The number of carboxylic acids is 1. The van der Waals surface area contributed by atoms with Crippen molar-refractivity contribution in [3.05, 3.63) is 70.8 Å². The van der Waals surface area contributed by atoms with Crippen molar-refractivity contribution < 1.29 is 36.2 Å². The van der Waals surface area contributed by atoms with E-state index in [1.165, 1.54) is 0 Å². The van der Waals surface area contributed by atoms with Gasteiger partial charge in [0.1, 0.15) is 0 Å². The molecule has 2 atom stereocenters. The van der Waals surface area contributed by atoms with Crippen LogP contribution in [0.3, 0.4) is 0 Å². The quantitative estimate of drug-likeness (QED) is 0.537. The lowest BCUT2D eigenvalue weighted by Crippen LogP contribution is -2.44. The van der Waals surface area contributed by atoms with Crippen LogP contribution in [0.1, 0.15) is 41.5 Å². The minimum absolute atomic E-state index is 0.0451. The second-order valence-corrected chi connectivity index (χ2v) is 8.17. The number of piperidine rings is 1. The van der Waals surface area contributed by atoms with Gasteiger partial charge in [0.25, 0.3) is 0 Å². The van der Waals surface area contributed by atoms with Crippen molar-refractivity contribution in [2.45, 2.75) is 50.6 Å². The Morgan fingerprint density at radius 3 is 2.28 bits per heavy atom. The van der Waals surface area contributed by atoms with Crippen LogP contribution in [0.5, 0.6) is 0 Å². The van der Waals surface area contributed by atoms with Gasteiger partial charge in [-0.05, 0) is 61.1 Å². The van der Waals surface area contributed by atoms with E-state index in [9.17, 15) is 31.1 Å². The van der Waals surface area contributed by atoms with Crippen molar-refractivity contribution in [2.75, 3.05) is 6.54 Å². The van der Waals surface area contributed by atoms with Gasteiger partial charge in [-0.2, -0.15) is 26.3 Å². The Kier molecular flexibility index (Phi) is 7.17. The zero-order chi connectivity index (χ0) is 23.5. The Hall–Kier alpha value is -2.55. The van der Waals surface area contributed by atoms with E-state index in [1.54, 1.807) is 4.90 Å². The van der Waals surface area contributed by atoms with E-state index in [1.807, 2.05) is 30.3 Å². The van der Waals surface area contributed by atoms with Gasteiger partial charge in [0.2, 0.25) is 0 Å². The molecule has 0 radical (unpaired) electrons. The summed E-state index contributed by atoms with van der Waals surface area (Å²) < 4.78 is 80.0. The number of halogens is 6. The highest BCUT2D eigenvalue weighted by Gasteiger charge is 2.38.